The Morgan fingerprint density at radius 1 is 1.12 bits per heavy atom. The molecule has 1 amide bonds. The average molecular weight is 465 g/mol. The van der Waals surface area contributed by atoms with Gasteiger partial charge in [0.15, 0.2) is 17.0 Å². The molecule has 0 atom stereocenters. The fourth-order valence-corrected chi connectivity index (χ4v) is 4.06. The van der Waals surface area contributed by atoms with E-state index in [1.54, 1.807) is 47.2 Å². The molecule has 0 radical (unpaired) electrons. The first-order valence-electron chi connectivity index (χ1n) is 10.8. The van der Waals surface area contributed by atoms with Crippen LogP contribution in [0.15, 0.2) is 46.5 Å². The second-order valence-electron chi connectivity index (χ2n) is 8.13. The number of aromatic nitrogens is 8. The highest BCUT2D eigenvalue weighted by molar-refractivity contribution is 5.79. The molecule has 0 spiro atoms. The van der Waals surface area contributed by atoms with Crippen LogP contribution in [0.4, 0.5) is 0 Å². The number of piperidine rings is 1. The average Bonchev–Trinajstić information content (AvgIpc) is 3.53. The molecule has 176 valence electrons. The zero-order chi connectivity index (χ0) is 23.8. The van der Waals surface area contributed by atoms with Crippen LogP contribution in [0.1, 0.15) is 12.8 Å². The summed E-state index contributed by atoms with van der Waals surface area (Å²) in [6, 6.07) is 5.33. The van der Waals surface area contributed by atoms with Crippen molar-refractivity contribution in [2.75, 3.05) is 13.1 Å². The fraction of sp³-hybridized carbons (Fsp3) is 0.381. The van der Waals surface area contributed by atoms with Gasteiger partial charge >= 0.3 is 5.69 Å². The molecule has 1 aliphatic rings. The lowest BCUT2D eigenvalue weighted by Gasteiger charge is -2.32. The normalized spacial score (nSPS) is 14.6. The number of fused-ring (bicyclic) bond motifs is 1. The quantitative estimate of drug-likeness (QED) is 0.384. The van der Waals surface area contributed by atoms with Crippen molar-refractivity contribution in [2.24, 2.45) is 14.1 Å². The summed E-state index contributed by atoms with van der Waals surface area (Å²) >= 11 is 0. The predicted molar refractivity (Wildman–Crippen MR) is 120 cm³/mol. The molecule has 0 bridgehead atoms. The molecule has 1 saturated heterocycles. The van der Waals surface area contributed by atoms with Gasteiger partial charge < -0.3 is 14.2 Å². The smallest absolute Gasteiger partial charge is 0.332 e. The summed E-state index contributed by atoms with van der Waals surface area (Å²) in [5, 5.41) is 12.3. The molecule has 13 heteroatoms. The minimum absolute atomic E-state index is 0.0319. The summed E-state index contributed by atoms with van der Waals surface area (Å²) in [4.78, 5) is 43.5. The van der Waals surface area contributed by atoms with Gasteiger partial charge in [-0.15, -0.1) is 10.2 Å². The number of carbonyl (C=O) groups is 1. The van der Waals surface area contributed by atoms with Crippen molar-refractivity contribution >= 4 is 17.1 Å². The van der Waals surface area contributed by atoms with Crippen molar-refractivity contribution in [1.82, 2.24) is 43.6 Å². The molecule has 0 N–H and O–H groups in total. The van der Waals surface area contributed by atoms with E-state index in [0.717, 1.165) is 4.57 Å². The van der Waals surface area contributed by atoms with E-state index in [2.05, 4.69) is 20.3 Å². The Morgan fingerprint density at radius 2 is 1.91 bits per heavy atom. The third kappa shape index (κ3) is 3.84. The summed E-state index contributed by atoms with van der Waals surface area (Å²) in [6.45, 7) is 1.01. The van der Waals surface area contributed by atoms with Gasteiger partial charge in [-0.3, -0.25) is 18.7 Å². The highest BCUT2D eigenvalue weighted by Crippen LogP contribution is 2.18. The standard InChI is InChI=1S/C21H23N9O4/c1-26-19-18(20(32)27(2)21(26)33)29(13-22-19)12-17(31)28-10-6-14(7-11-28)34-16-5-4-15(24-25-16)30-9-3-8-23-30/h3-5,8-9,13-14H,6-7,10-12H2,1-2H3. The van der Waals surface area contributed by atoms with Crippen LogP contribution in [0, 0.1) is 0 Å². The maximum Gasteiger partial charge on any atom is 0.332 e. The molecule has 4 aromatic heterocycles. The third-order valence-electron chi connectivity index (χ3n) is 5.97. The highest BCUT2D eigenvalue weighted by atomic mass is 16.5. The predicted octanol–water partition coefficient (Wildman–Crippen LogP) is -0.521. The molecule has 13 nitrogen and oxygen atoms in total. The maximum absolute atomic E-state index is 12.9. The number of carbonyl (C=O) groups excluding carboxylic acids is 1. The lowest BCUT2D eigenvalue weighted by Crippen LogP contribution is -2.43. The van der Waals surface area contributed by atoms with Gasteiger partial charge in [0.2, 0.25) is 11.8 Å². The van der Waals surface area contributed by atoms with Crippen LogP contribution < -0.4 is 16.0 Å². The van der Waals surface area contributed by atoms with Gasteiger partial charge in [0.1, 0.15) is 12.6 Å². The van der Waals surface area contributed by atoms with Crippen LogP contribution in [-0.2, 0) is 25.4 Å². The number of aryl methyl sites for hydroxylation is 1. The lowest BCUT2D eigenvalue weighted by atomic mass is 10.1. The van der Waals surface area contributed by atoms with Crippen molar-refractivity contribution in [3.8, 4) is 11.7 Å². The van der Waals surface area contributed by atoms with Crippen LogP contribution in [0.5, 0.6) is 5.88 Å². The van der Waals surface area contributed by atoms with Crippen molar-refractivity contribution in [3.05, 3.63) is 57.8 Å². The molecular formula is C21H23N9O4. The molecule has 5 rings (SSSR count). The van der Waals surface area contributed by atoms with E-state index >= 15 is 0 Å². The number of imidazole rings is 1. The van der Waals surface area contributed by atoms with Gasteiger partial charge in [-0.05, 0) is 12.1 Å². The Morgan fingerprint density at radius 3 is 2.59 bits per heavy atom. The van der Waals surface area contributed by atoms with E-state index in [1.165, 1.54) is 22.5 Å². The lowest BCUT2D eigenvalue weighted by molar-refractivity contribution is -0.133. The molecule has 1 fully saturated rings. The zero-order valence-electron chi connectivity index (χ0n) is 18.7. The Balaban J connectivity index is 1.20. The SMILES string of the molecule is Cn1c(=O)c2c(ncn2CC(=O)N2CCC(Oc3ccc(-n4cccn4)nn3)CC2)n(C)c1=O. The van der Waals surface area contributed by atoms with Crippen molar-refractivity contribution in [2.45, 2.75) is 25.5 Å². The van der Waals surface area contributed by atoms with Crippen LogP contribution in [0.25, 0.3) is 17.0 Å². The third-order valence-corrected chi connectivity index (χ3v) is 5.97. The summed E-state index contributed by atoms with van der Waals surface area (Å²) in [5.41, 5.74) is -0.451. The summed E-state index contributed by atoms with van der Waals surface area (Å²) in [7, 11) is 2.95. The molecule has 34 heavy (non-hydrogen) atoms. The van der Waals surface area contributed by atoms with E-state index in [1.807, 2.05) is 0 Å². The molecule has 0 saturated carbocycles. The topological polar surface area (TPSA) is 135 Å². The monoisotopic (exact) mass is 465 g/mol. The number of hydrogen-bond donors (Lipinski definition) is 0. The summed E-state index contributed by atoms with van der Waals surface area (Å²) in [6.07, 6.45) is 6.08. The fourth-order valence-electron chi connectivity index (χ4n) is 4.06. The minimum Gasteiger partial charge on any atom is -0.473 e. The van der Waals surface area contributed by atoms with Crippen LogP contribution >= 0.6 is 0 Å². The van der Waals surface area contributed by atoms with Crippen LogP contribution in [-0.4, -0.2) is 68.7 Å². The van der Waals surface area contributed by atoms with Gasteiger partial charge in [0.05, 0.1) is 6.33 Å². The molecular weight excluding hydrogens is 442 g/mol. The summed E-state index contributed by atoms with van der Waals surface area (Å²) < 4.78 is 11.4. The van der Waals surface area contributed by atoms with Crippen LogP contribution in [0.2, 0.25) is 0 Å². The Hall–Kier alpha value is -4.29. The van der Waals surface area contributed by atoms with Gasteiger partial charge in [-0.1, -0.05) is 0 Å². The molecule has 0 aliphatic carbocycles. The first-order valence-corrected chi connectivity index (χ1v) is 10.8. The first-order chi connectivity index (χ1) is 16.4. The molecule has 0 unspecified atom stereocenters. The summed E-state index contributed by atoms with van der Waals surface area (Å²) in [5.74, 6) is 0.892. The van der Waals surface area contributed by atoms with Crippen molar-refractivity contribution < 1.29 is 9.53 Å². The second kappa shape index (κ2) is 8.57. The number of likely N-dealkylation sites (tertiary alicyclic amines) is 1. The van der Waals surface area contributed by atoms with Gasteiger partial charge in [-0.25, -0.2) is 14.5 Å². The largest absolute Gasteiger partial charge is 0.473 e. The number of rotatable bonds is 5. The van der Waals surface area contributed by atoms with Gasteiger partial charge in [0, 0.05) is 58.5 Å². The van der Waals surface area contributed by atoms with Crippen molar-refractivity contribution in [1.29, 1.82) is 0 Å². The molecule has 0 aromatic carbocycles. The molecule has 1 aliphatic heterocycles. The Bertz CT molecular complexity index is 1440. The number of amides is 1. The maximum atomic E-state index is 12.9. The molecule has 4 aromatic rings. The Labute approximate surface area is 192 Å². The zero-order valence-corrected chi connectivity index (χ0v) is 18.7. The van der Waals surface area contributed by atoms with E-state index in [-0.39, 0.29) is 29.7 Å². The van der Waals surface area contributed by atoms with E-state index in [9.17, 15) is 14.4 Å². The number of nitrogens with zero attached hydrogens (tertiary/aromatic N) is 9. The molecule has 5 heterocycles. The first kappa shape index (κ1) is 21.6. The highest BCUT2D eigenvalue weighted by Gasteiger charge is 2.25. The second-order valence-corrected chi connectivity index (χ2v) is 8.13. The van der Waals surface area contributed by atoms with Gasteiger partial charge in [-0.2, -0.15) is 5.10 Å². The van der Waals surface area contributed by atoms with E-state index in [0.29, 0.717) is 37.6 Å². The Kier molecular flexibility index (Phi) is 5.43. The number of hydrogen-bond acceptors (Lipinski definition) is 8. The van der Waals surface area contributed by atoms with Crippen LogP contribution in [0.3, 0.4) is 0 Å². The van der Waals surface area contributed by atoms with E-state index in [4.69, 9.17) is 4.74 Å². The minimum atomic E-state index is -0.477. The van der Waals surface area contributed by atoms with Gasteiger partial charge in [0.25, 0.3) is 5.56 Å². The van der Waals surface area contributed by atoms with Crippen molar-refractivity contribution in [3.63, 3.8) is 0 Å². The van der Waals surface area contributed by atoms with E-state index < -0.39 is 11.2 Å². The number of ether oxygens (including phenoxy) is 1.